The van der Waals surface area contributed by atoms with Crippen LogP contribution in [0.1, 0.15) is 22.5 Å². The summed E-state index contributed by atoms with van der Waals surface area (Å²) in [6.07, 6.45) is -0.684. The number of imidazole rings is 1. The van der Waals surface area contributed by atoms with E-state index in [2.05, 4.69) is 6.07 Å². The zero-order valence-corrected chi connectivity index (χ0v) is 18.2. The van der Waals surface area contributed by atoms with Crippen molar-refractivity contribution in [2.45, 2.75) is 40.0 Å². The zero-order valence-electron chi connectivity index (χ0n) is 18.2. The van der Waals surface area contributed by atoms with Crippen LogP contribution >= 0.6 is 0 Å². The van der Waals surface area contributed by atoms with Crippen molar-refractivity contribution in [1.29, 1.82) is 0 Å². The second kappa shape index (κ2) is 9.23. The van der Waals surface area contributed by atoms with E-state index < -0.39 is 6.10 Å². The second-order valence-corrected chi connectivity index (χ2v) is 8.02. The highest BCUT2D eigenvalue weighted by Crippen LogP contribution is 2.20. The Hall–Kier alpha value is -3.31. The van der Waals surface area contributed by atoms with E-state index in [0.717, 1.165) is 39.5 Å². The average Bonchev–Trinajstić information content (AvgIpc) is 3.09. The van der Waals surface area contributed by atoms with Crippen LogP contribution in [0.3, 0.4) is 0 Å². The zero-order chi connectivity index (χ0) is 21.8. The van der Waals surface area contributed by atoms with Crippen molar-refractivity contribution in [2.75, 3.05) is 6.61 Å². The summed E-state index contributed by atoms with van der Waals surface area (Å²) in [5, 5.41) is 10.7. The predicted octanol–water partition coefficient (Wildman–Crippen LogP) is 4.98. The van der Waals surface area contributed by atoms with Gasteiger partial charge < -0.3 is 19.1 Å². The van der Waals surface area contributed by atoms with Gasteiger partial charge in [-0.15, -0.1) is 0 Å². The molecule has 1 heterocycles. The third-order valence-electron chi connectivity index (χ3n) is 5.15. The molecule has 0 aliphatic carbocycles. The first-order chi connectivity index (χ1) is 15.0. The van der Waals surface area contributed by atoms with Gasteiger partial charge in [-0.1, -0.05) is 35.9 Å². The smallest absolute Gasteiger partial charge is 0.148 e. The Labute approximate surface area is 182 Å². The van der Waals surface area contributed by atoms with Crippen LogP contribution in [0.5, 0.6) is 11.5 Å². The van der Waals surface area contributed by atoms with Gasteiger partial charge in [0.25, 0.3) is 0 Å². The third kappa shape index (κ3) is 5.25. The summed E-state index contributed by atoms with van der Waals surface area (Å²) in [5.41, 5.74) is 5.32. The molecule has 4 rings (SSSR count). The van der Waals surface area contributed by atoms with Crippen molar-refractivity contribution in [1.82, 2.24) is 9.55 Å². The Balaban J connectivity index is 1.48. The maximum Gasteiger partial charge on any atom is 0.148 e. The first-order valence-corrected chi connectivity index (χ1v) is 10.5. The van der Waals surface area contributed by atoms with Crippen LogP contribution in [-0.4, -0.2) is 27.4 Å². The summed E-state index contributed by atoms with van der Waals surface area (Å²) in [4.78, 5) is 4.73. The molecule has 0 aliphatic heterocycles. The van der Waals surface area contributed by atoms with Crippen molar-refractivity contribution in [3.63, 3.8) is 0 Å². The molecule has 0 amide bonds. The fourth-order valence-electron chi connectivity index (χ4n) is 3.69. The maximum absolute atomic E-state index is 10.7. The van der Waals surface area contributed by atoms with E-state index in [-0.39, 0.29) is 6.61 Å². The molecule has 4 aromatic rings. The van der Waals surface area contributed by atoms with Gasteiger partial charge in [-0.3, -0.25) is 0 Å². The highest BCUT2D eigenvalue weighted by atomic mass is 16.5. The average molecular weight is 417 g/mol. The van der Waals surface area contributed by atoms with E-state index in [1.165, 1.54) is 5.56 Å². The Morgan fingerprint density at radius 2 is 1.55 bits per heavy atom. The molecule has 0 radical (unpaired) electrons. The summed E-state index contributed by atoms with van der Waals surface area (Å²) in [7, 11) is 0. The topological polar surface area (TPSA) is 56.5 Å². The van der Waals surface area contributed by atoms with E-state index >= 15 is 0 Å². The Morgan fingerprint density at radius 1 is 0.839 bits per heavy atom. The molecular weight excluding hydrogens is 388 g/mol. The van der Waals surface area contributed by atoms with E-state index in [1.807, 2.05) is 86.0 Å². The van der Waals surface area contributed by atoms with Gasteiger partial charge >= 0.3 is 0 Å². The minimum atomic E-state index is -0.684. The highest BCUT2D eigenvalue weighted by molar-refractivity contribution is 5.75. The highest BCUT2D eigenvalue weighted by Gasteiger charge is 2.15. The van der Waals surface area contributed by atoms with Crippen molar-refractivity contribution in [2.24, 2.45) is 0 Å². The quantitative estimate of drug-likeness (QED) is 0.440. The molecule has 1 aromatic heterocycles. The lowest BCUT2D eigenvalue weighted by Crippen LogP contribution is -2.25. The number of hydrogen-bond acceptors (Lipinski definition) is 4. The maximum atomic E-state index is 10.7. The molecule has 5 nitrogen and oxygen atoms in total. The lowest BCUT2D eigenvalue weighted by atomic mass is 10.1. The van der Waals surface area contributed by atoms with Crippen molar-refractivity contribution in [3.8, 4) is 11.5 Å². The van der Waals surface area contributed by atoms with Gasteiger partial charge in [-0.25, -0.2) is 4.98 Å². The molecule has 0 aliphatic rings. The molecule has 1 N–H and O–H groups in total. The van der Waals surface area contributed by atoms with Crippen LogP contribution in [0, 0.1) is 20.8 Å². The largest absolute Gasteiger partial charge is 0.491 e. The van der Waals surface area contributed by atoms with Gasteiger partial charge in [-0.05, 0) is 68.3 Å². The third-order valence-corrected chi connectivity index (χ3v) is 5.15. The summed E-state index contributed by atoms with van der Waals surface area (Å²) in [6.45, 7) is 7.02. The van der Waals surface area contributed by atoms with Crippen LogP contribution < -0.4 is 9.47 Å². The molecule has 3 aromatic carbocycles. The Bertz CT molecular complexity index is 1140. The van der Waals surface area contributed by atoms with Crippen molar-refractivity contribution in [3.05, 3.63) is 89.2 Å². The van der Waals surface area contributed by atoms with E-state index in [4.69, 9.17) is 14.5 Å². The number of para-hydroxylation sites is 2. The number of fused-ring (bicyclic) bond motifs is 1. The molecule has 0 spiro atoms. The number of ether oxygens (including phenoxy) is 2. The first kappa shape index (κ1) is 20.9. The summed E-state index contributed by atoms with van der Waals surface area (Å²) in [5.74, 6) is 2.34. The lowest BCUT2D eigenvalue weighted by molar-refractivity contribution is 0.0917. The molecule has 0 fully saturated rings. The minimum Gasteiger partial charge on any atom is -0.491 e. The molecule has 0 unspecified atom stereocenters. The predicted molar refractivity (Wildman–Crippen MR) is 123 cm³/mol. The monoisotopic (exact) mass is 416 g/mol. The number of aromatic nitrogens is 2. The molecule has 5 heteroatoms. The first-order valence-electron chi connectivity index (χ1n) is 10.5. The van der Waals surface area contributed by atoms with Gasteiger partial charge in [0.05, 0.1) is 17.6 Å². The van der Waals surface area contributed by atoms with Crippen LogP contribution in [-0.2, 0) is 13.2 Å². The Morgan fingerprint density at radius 3 is 2.29 bits per heavy atom. The summed E-state index contributed by atoms with van der Waals surface area (Å²) < 4.78 is 13.8. The van der Waals surface area contributed by atoms with Gasteiger partial charge in [0.15, 0.2) is 0 Å². The fourth-order valence-corrected chi connectivity index (χ4v) is 3.69. The summed E-state index contributed by atoms with van der Waals surface area (Å²) >= 11 is 0. The fraction of sp³-hybridized carbons (Fsp3) is 0.269. The van der Waals surface area contributed by atoms with Gasteiger partial charge in [0.2, 0.25) is 0 Å². The number of hydrogen-bond donors (Lipinski definition) is 1. The van der Waals surface area contributed by atoms with Gasteiger partial charge in [-0.2, -0.15) is 0 Å². The van der Waals surface area contributed by atoms with Crippen LogP contribution in [0.4, 0.5) is 0 Å². The standard InChI is InChI=1S/C26H28N2O3/c1-18-8-10-22(11-9-18)31-17-26-27-24-6-4-5-7-25(24)28(26)15-21(29)16-30-23-13-19(2)12-20(3)14-23/h4-14,21,29H,15-17H2,1-3H3/t21-/m1/s1. The number of aliphatic hydroxyl groups is 1. The molecule has 1 atom stereocenters. The molecule has 0 bridgehead atoms. The van der Waals surface area contributed by atoms with E-state index in [0.29, 0.717) is 13.2 Å². The molecule has 0 saturated heterocycles. The second-order valence-electron chi connectivity index (χ2n) is 8.02. The number of rotatable bonds is 8. The van der Waals surface area contributed by atoms with Gasteiger partial charge in [0.1, 0.15) is 36.6 Å². The number of aryl methyl sites for hydroxylation is 3. The van der Waals surface area contributed by atoms with E-state index in [9.17, 15) is 5.11 Å². The summed E-state index contributed by atoms with van der Waals surface area (Å²) in [6, 6.07) is 21.9. The Kier molecular flexibility index (Phi) is 6.23. The molecule has 160 valence electrons. The number of aliphatic hydroxyl groups excluding tert-OH is 1. The molecule has 0 saturated carbocycles. The van der Waals surface area contributed by atoms with Crippen LogP contribution in [0.15, 0.2) is 66.7 Å². The number of nitrogens with zero attached hydrogens (tertiary/aromatic N) is 2. The van der Waals surface area contributed by atoms with E-state index in [1.54, 1.807) is 0 Å². The lowest BCUT2D eigenvalue weighted by Gasteiger charge is -2.16. The van der Waals surface area contributed by atoms with Crippen molar-refractivity contribution >= 4 is 11.0 Å². The van der Waals surface area contributed by atoms with Crippen molar-refractivity contribution < 1.29 is 14.6 Å². The SMILES string of the molecule is Cc1ccc(OCc2nc3ccccc3n2C[C@@H](O)COc2cc(C)cc(C)c2)cc1. The van der Waals surface area contributed by atoms with Crippen LogP contribution in [0.2, 0.25) is 0 Å². The van der Waals surface area contributed by atoms with Gasteiger partial charge in [0, 0.05) is 0 Å². The molecular formula is C26H28N2O3. The normalized spacial score (nSPS) is 12.1. The number of benzene rings is 3. The minimum absolute atomic E-state index is 0.202. The van der Waals surface area contributed by atoms with Crippen LogP contribution in [0.25, 0.3) is 11.0 Å². The molecule has 31 heavy (non-hydrogen) atoms.